The largest absolute Gasteiger partial charge is 0.480 e. The predicted molar refractivity (Wildman–Crippen MR) is 74.7 cm³/mol. The van der Waals surface area contributed by atoms with Crippen LogP contribution in [0.4, 0.5) is 4.79 Å². The number of aliphatic carboxylic acids is 1. The van der Waals surface area contributed by atoms with Crippen molar-refractivity contribution in [2.45, 2.75) is 25.4 Å². The second kappa shape index (κ2) is 7.72. The van der Waals surface area contributed by atoms with Crippen LogP contribution in [-0.2, 0) is 4.79 Å². The van der Waals surface area contributed by atoms with Crippen LogP contribution < -0.4 is 10.6 Å². The molecule has 0 saturated carbocycles. The summed E-state index contributed by atoms with van der Waals surface area (Å²) in [5.74, 6) is -1.19. The van der Waals surface area contributed by atoms with Gasteiger partial charge >= 0.3 is 12.0 Å². The van der Waals surface area contributed by atoms with E-state index in [4.69, 9.17) is 21.8 Å². The monoisotopic (exact) mass is 300 g/mol. The summed E-state index contributed by atoms with van der Waals surface area (Å²) in [7, 11) is 0. The standard InChI is InChI=1S/C13H17ClN2O4/c1-8(9-4-2-3-5-10(9)14)15-13(20)16-11(6-7-17)12(18)19/h2-5,8,11,17H,6-7H2,1H3,(H,18,19)(H2,15,16,20)/t8?,11-/m1/s1. The van der Waals surface area contributed by atoms with Crippen molar-refractivity contribution < 1.29 is 19.8 Å². The quantitative estimate of drug-likeness (QED) is 0.640. The molecule has 2 amide bonds. The lowest BCUT2D eigenvalue weighted by molar-refractivity contribution is -0.139. The summed E-state index contributed by atoms with van der Waals surface area (Å²) in [6.45, 7) is 1.42. The topological polar surface area (TPSA) is 98.7 Å². The van der Waals surface area contributed by atoms with E-state index in [1.807, 2.05) is 0 Å². The van der Waals surface area contributed by atoms with Crippen molar-refractivity contribution in [2.24, 2.45) is 0 Å². The van der Waals surface area contributed by atoms with Crippen LogP contribution in [0.25, 0.3) is 0 Å². The zero-order valence-corrected chi connectivity index (χ0v) is 11.7. The highest BCUT2D eigenvalue weighted by Crippen LogP contribution is 2.21. The van der Waals surface area contributed by atoms with Crippen LogP contribution in [0.5, 0.6) is 0 Å². The molecule has 0 aromatic heterocycles. The lowest BCUT2D eigenvalue weighted by atomic mass is 10.1. The molecule has 7 heteroatoms. The third-order valence-corrected chi connectivity index (χ3v) is 3.08. The first-order valence-corrected chi connectivity index (χ1v) is 6.48. The maximum absolute atomic E-state index is 11.7. The smallest absolute Gasteiger partial charge is 0.326 e. The number of aliphatic hydroxyl groups is 1. The Hall–Kier alpha value is -1.79. The van der Waals surface area contributed by atoms with Gasteiger partial charge in [-0.3, -0.25) is 0 Å². The summed E-state index contributed by atoms with van der Waals surface area (Å²) < 4.78 is 0. The first-order chi connectivity index (χ1) is 9.45. The summed E-state index contributed by atoms with van der Waals surface area (Å²) in [6, 6.07) is 4.93. The highest BCUT2D eigenvalue weighted by molar-refractivity contribution is 6.31. The number of carbonyl (C=O) groups is 2. The molecule has 0 heterocycles. The molecule has 1 rings (SSSR count). The number of carboxylic acids is 1. The summed E-state index contributed by atoms with van der Waals surface area (Å²) in [5.41, 5.74) is 0.735. The fourth-order valence-corrected chi connectivity index (χ4v) is 1.99. The molecule has 20 heavy (non-hydrogen) atoms. The molecule has 1 aromatic rings. The number of hydrogen-bond donors (Lipinski definition) is 4. The van der Waals surface area contributed by atoms with E-state index in [-0.39, 0.29) is 19.1 Å². The van der Waals surface area contributed by atoms with E-state index >= 15 is 0 Å². The molecular formula is C13H17ClN2O4. The number of rotatable bonds is 6. The van der Waals surface area contributed by atoms with Crippen LogP contribution in [0, 0.1) is 0 Å². The van der Waals surface area contributed by atoms with Gasteiger partial charge in [0.2, 0.25) is 0 Å². The van der Waals surface area contributed by atoms with Gasteiger partial charge in [-0.25, -0.2) is 9.59 Å². The summed E-state index contributed by atoms with van der Waals surface area (Å²) >= 11 is 6.01. The van der Waals surface area contributed by atoms with Crippen molar-refractivity contribution in [1.82, 2.24) is 10.6 Å². The van der Waals surface area contributed by atoms with E-state index in [9.17, 15) is 9.59 Å². The van der Waals surface area contributed by atoms with Crippen LogP contribution in [0.2, 0.25) is 5.02 Å². The third kappa shape index (κ3) is 4.71. The Bertz CT molecular complexity index is 481. The molecule has 4 N–H and O–H groups in total. The van der Waals surface area contributed by atoms with Crippen LogP contribution in [0.15, 0.2) is 24.3 Å². The Kier molecular flexibility index (Phi) is 6.27. The summed E-state index contributed by atoms with van der Waals surface area (Å²) in [5, 5.41) is 23.0. The predicted octanol–water partition coefficient (Wildman–Crippen LogP) is 1.54. The minimum Gasteiger partial charge on any atom is -0.480 e. The average molecular weight is 301 g/mol. The maximum atomic E-state index is 11.7. The van der Waals surface area contributed by atoms with Crippen molar-refractivity contribution in [3.05, 3.63) is 34.9 Å². The molecule has 0 fully saturated rings. The van der Waals surface area contributed by atoms with E-state index in [1.54, 1.807) is 31.2 Å². The van der Waals surface area contributed by atoms with Crippen molar-refractivity contribution >= 4 is 23.6 Å². The Morgan fingerprint density at radius 1 is 1.30 bits per heavy atom. The Morgan fingerprint density at radius 3 is 2.50 bits per heavy atom. The summed E-state index contributed by atoms with van der Waals surface area (Å²) in [4.78, 5) is 22.6. The molecule has 0 aliphatic heterocycles. The number of halogens is 1. The highest BCUT2D eigenvalue weighted by atomic mass is 35.5. The zero-order chi connectivity index (χ0) is 15.1. The van der Waals surface area contributed by atoms with E-state index in [0.29, 0.717) is 5.02 Å². The first-order valence-electron chi connectivity index (χ1n) is 6.10. The van der Waals surface area contributed by atoms with Crippen LogP contribution in [-0.4, -0.2) is 34.9 Å². The van der Waals surface area contributed by atoms with Gasteiger partial charge in [0.25, 0.3) is 0 Å². The number of carboxylic acid groups (broad SMARTS) is 1. The Labute approximate surface area is 121 Å². The van der Waals surface area contributed by atoms with Crippen molar-refractivity contribution in [3.63, 3.8) is 0 Å². The average Bonchev–Trinajstić information content (AvgIpc) is 2.38. The molecule has 2 atom stereocenters. The molecule has 1 aromatic carbocycles. The minimum absolute atomic E-state index is 0.0524. The van der Waals surface area contributed by atoms with Crippen LogP contribution in [0.1, 0.15) is 24.9 Å². The minimum atomic E-state index is -1.19. The Balaban J connectivity index is 2.62. The summed E-state index contributed by atoms with van der Waals surface area (Å²) in [6.07, 6.45) is -0.0524. The number of aliphatic hydroxyl groups excluding tert-OH is 1. The molecule has 0 radical (unpaired) electrons. The van der Waals surface area contributed by atoms with Gasteiger partial charge in [-0.15, -0.1) is 0 Å². The third-order valence-electron chi connectivity index (χ3n) is 2.74. The zero-order valence-electron chi connectivity index (χ0n) is 11.0. The van der Waals surface area contributed by atoms with Crippen molar-refractivity contribution in [1.29, 1.82) is 0 Å². The van der Waals surface area contributed by atoms with Gasteiger partial charge in [0.05, 0.1) is 6.04 Å². The second-order valence-electron chi connectivity index (χ2n) is 4.26. The van der Waals surface area contributed by atoms with Gasteiger partial charge < -0.3 is 20.8 Å². The fourth-order valence-electron chi connectivity index (χ4n) is 1.69. The number of benzene rings is 1. The molecule has 0 spiro atoms. The van der Waals surface area contributed by atoms with Gasteiger partial charge in [0, 0.05) is 18.1 Å². The molecule has 0 aliphatic rings. The number of nitrogens with one attached hydrogen (secondary N) is 2. The van der Waals surface area contributed by atoms with E-state index < -0.39 is 18.0 Å². The van der Waals surface area contributed by atoms with Gasteiger partial charge in [-0.2, -0.15) is 0 Å². The molecule has 6 nitrogen and oxygen atoms in total. The number of amides is 2. The number of carbonyl (C=O) groups excluding carboxylic acids is 1. The Morgan fingerprint density at radius 2 is 1.95 bits per heavy atom. The second-order valence-corrected chi connectivity index (χ2v) is 4.67. The lowest BCUT2D eigenvalue weighted by Gasteiger charge is -2.18. The molecule has 0 bridgehead atoms. The number of urea groups is 1. The van der Waals surface area contributed by atoms with Crippen LogP contribution in [0.3, 0.4) is 0 Å². The fraction of sp³-hybridized carbons (Fsp3) is 0.385. The highest BCUT2D eigenvalue weighted by Gasteiger charge is 2.20. The number of hydrogen-bond acceptors (Lipinski definition) is 3. The molecule has 0 aliphatic carbocycles. The van der Waals surface area contributed by atoms with E-state index in [2.05, 4.69) is 10.6 Å². The van der Waals surface area contributed by atoms with Gasteiger partial charge in [-0.05, 0) is 18.6 Å². The first kappa shape index (κ1) is 16.3. The SMILES string of the molecule is CC(NC(=O)N[C@H](CCO)C(=O)O)c1ccccc1Cl. The molecule has 110 valence electrons. The van der Waals surface area contributed by atoms with Gasteiger partial charge in [-0.1, -0.05) is 29.8 Å². The van der Waals surface area contributed by atoms with E-state index in [1.165, 1.54) is 0 Å². The van der Waals surface area contributed by atoms with Crippen molar-refractivity contribution in [2.75, 3.05) is 6.61 Å². The molecule has 0 saturated heterocycles. The maximum Gasteiger partial charge on any atom is 0.326 e. The normalized spacial score (nSPS) is 13.3. The van der Waals surface area contributed by atoms with Gasteiger partial charge in [0.1, 0.15) is 6.04 Å². The van der Waals surface area contributed by atoms with Crippen LogP contribution >= 0.6 is 11.6 Å². The lowest BCUT2D eigenvalue weighted by Crippen LogP contribution is -2.47. The van der Waals surface area contributed by atoms with E-state index in [0.717, 1.165) is 5.56 Å². The van der Waals surface area contributed by atoms with Gasteiger partial charge in [0.15, 0.2) is 0 Å². The molecule has 1 unspecified atom stereocenters. The van der Waals surface area contributed by atoms with Crippen molar-refractivity contribution in [3.8, 4) is 0 Å². The molecular weight excluding hydrogens is 284 g/mol.